The van der Waals surface area contributed by atoms with Crippen LogP contribution >= 0.6 is 0 Å². The number of benzene rings is 2. The van der Waals surface area contributed by atoms with Crippen LogP contribution in [-0.2, 0) is 6.54 Å². The fourth-order valence-corrected chi connectivity index (χ4v) is 3.63. The fraction of sp³-hybridized carbons (Fsp3) is 0.304. The summed E-state index contributed by atoms with van der Waals surface area (Å²) in [6.45, 7) is 7.16. The van der Waals surface area contributed by atoms with E-state index < -0.39 is 0 Å². The van der Waals surface area contributed by atoms with E-state index in [1.54, 1.807) is 0 Å². The molecule has 2 aromatic carbocycles. The minimum Gasteiger partial charge on any atom is -0.322 e. The quantitative estimate of drug-likeness (QED) is 0.475. The smallest absolute Gasteiger partial charge is 0.141 e. The third-order valence-electron chi connectivity index (χ3n) is 5.01. The van der Waals surface area contributed by atoms with Gasteiger partial charge in [0.2, 0.25) is 0 Å². The fourth-order valence-electron chi connectivity index (χ4n) is 3.63. The van der Waals surface area contributed by atoms with Gasteiger partial charge in [-0.3, -0.25) is 4.98 Å². The first-order valence-electron chi connectivity index (χ1n) is 9.81. The molecule has 0 saturated heterocycles. The van der Waals surface area contributed by atoms with Crippen LogP contribution in [0.25, 0.3) is 33.3 Å². The molecule has 2 heterocycles. The molecule has 1 N–H and O–H groups in total. The minimum atomic E-state index is 0.887. The van der Waals surface area contributed by atoms with Crippen LogP contribution in [0.4, 0.5) is 0 Å². The predicted molar refractivity (Wildman–Crippen MR) is 113 cm³/mol. The van der Waals surface area contributed by atoms with Gasteiger partial charge in [0.15, 0.2) is 0 Å². The van der Waals surface area contributed by atoms with Gasteiger partial charge in [-0.05, 0) is 26.0 Å². The summed E-state index contributed by atoms with van der Waals surface area (Å²) in [4.78, 5) is 9.80. The lowest BCUT2D eigenvalue weighted by Crippen LogP contribution is -2.21. The number of nitrogens with one attached hydrogen (secondary N) is 1. The number of hydrogen-bond donors (Lipinski definition) is 1. The van der Waals surface area contributed by atoms with Crippen LogP contribution in [0.15, 0.2) is 54.6 Å². The van der Waals surface area contributed by atoms with Crippen molar-refractivity contribution in [2.24, 2.45) is 0 Å². The van der Waals surface area contributed by atoms with Gasteiger partial charge in [0.05, 0.1) is 16.7 Å². The second-order valence-electron chi connectivity index (χ2n) is 6.97. The average Bonchev–Trinajstić information content (AvgIpc) is 3.09. The number of rotatable bonds is 7. The molecule has 4 heteroatoms. The predicted octanol–water partition coefficient (Wildman–Crippen LogP) is 4.95. The van der Waals surface area contributed by atoms with E-state index in [2.05, 4.69) is 66.2 Å². The van der Waals surface area contributed by atoms with Gasteiger partial charge in [-0.1, -0.05) is 61.9 Å². The van der Waals surface area contributed by atoms with Crippen molar-refractivity contribution >= 4 is 21.9 Å². The van der Waals surface area contributed by atoms with Gasteiger partial charge in [0.25, 0.3) is 0 Å². The first-order valence-corrected chi connectivity index (χ1v) is 9.81. The molecule has 4 rings (SSSR count). The first kappa shape index (κ1) is 17.7. The Morgan fingerprint density at radius 2 is 1.70 bits per heavy atom. The third kappa shape index (κ3) is 3.45. The van der Waals surface area contributed by atoms with Crippen LogP contribution in [-0.4, -0.2) is 27.6 Å². The largest absolute Gasteiger partial charge is 0.322 e. The number of fused-ring (bicyclic) bond motifs is 3. The topological polar surface area (TPSA) is 42.7 Å². The number of imidazole rings is 1. The van der Waals surface area contributed by atoms with Gasteiger partial charge in [0, 0.05) is 24.0 Å². The molecule has 0 fully saturated rings. The summed E-state index contributed by atoms with van der Waals surface area (Å²) in [5.41, 5.74) is 5.35. The summed E-state index contributed by atoms with van der Waals surface area (Å²) in [5.74, 6) is 1.02. The first-order chi connectivity index (χ1) is 13.3. The van der Waals surface area contributed by atoms with Crippen molar-refractivity contribution in [2.75, 3.05) is 13.1 Å². The lowest BCUT2D eigenvalue weighted by Gasteiger charge is -2.12. The Morgan fingerprint density at radius 1 is 0.926 bits per heavy atom. The van der Waals surface area contributed by atoms with E-state index in [0.29, 0.717) is 0 Å². The summed E-state index contributed by atoms with van der Waals surface area (Å²) < 4.78 is 2.36. The van der Waals surface area contributed by atoms with Gasteiger partial charge in [-0.15, -0.1) is 0 Å². The molecule has 0 unspecified atom stereocenters. The number of aryl methyl sites for hydroxylation is 1. The van der Waals surface area contributed by atoms with E-state index >= 15 is 0 Å². The average molecular weight is 358 g/mol. The second-order valence-corrected chi connectivity index (χ2v) is 6.97. The summed E-state index contributed by atoms with van der Waals surface area (Å²) >= 11 is 0. The summed E-state index contributed by atoms with van der Waals surface area (Å²) in [6, 6.07) is 18.8. The Bertz CT molecular complexity index is 1050. The highest BCUT2D eigenvalue weighted by atomic mass is 15.1. The molecule has 0 aliphatic heterocycles. The van der Waals surface area contributed by atoms with Gasteiger partial charge in [-0.2, -0.15) is 0 Å². The molecule has 0 aliphatic rings. The highest BCUT2D eigenvalue weighted by Gasteiger charge is 2.17. The highest BCUT2D eigenvalue weighted by molar-refractivity contribution is 6.04. The molecule has 27 heavy (non-hydrogen) atoms. The van der Waals surface area contributed by atoms with Crippen LogP contribution in [0.3, 0.4) is 0 Å². The third-order valence-corrected chi connectivity index (χ3v) is 5.01. The summed E-state index contributed by atoms with van der Waals surface area (Å²) in [5, 5.41) is 4.73. The monoisotopic (exact) mass is 358 g/mol. The molecule has 0 radical (unpaired) electrons. The van der Waals surface area contributed by atoms with Gasteiger partial charge < -0.3 is 9.88 Å². The maximum Gasteiger partial charge on any atom is 0.141 e. The zero-order valence-electron chi connectivity index (χ0n) is 16.1. The van der Waals surface area contributed by atoms with Crippen molar-refractivity contribution in [3.63, 3.8) is 0 Å². The Kier molecular flexibility index (Phi) is 5.16. The Hall–Kier alpha value is -2.72. The number of hydrogen-bond acceptors (Lipinski definition) is 3. The molecule has 4 aromatic rings. The maximum absolute atomic E-state index is 5.02. The van der Waals surface area contributed by atoms with E-state index in [1.807, 2.05) is 12.1 Å². The number of para-hydroxylation sites is 1. The standard InChI is InChI=1S/C23H26N4/c1-3-4-14-24-15-16-27-22-19-12-8-9-13-20(19)25-17(2)21(22)26-23(27)18-10-6-5-7-11-18/h5-13,24H,3-4,14-16H2,1-2H3. The Morgan fingerprint density at radius 3 is 2.52 bits per heavy atom. The van der Waals surface area contributed by atoms with E-state index in [9.17, 15) is 0 Å². The highest BCUT2D eigenvalue weighted by Crippen LogP contribution is 2.31. The molecule has 0 saturated carbocycles. The van der Waals surface area contributed by atoms with Crippen molar-refractivity contribution < 1.29 is 0 Å². The molecule has 0 amide bonds. The van der Waals surface area contributed by atoms with Crippen molar-refractivity contribution in [3.05, 3.63) is 60.3 Å². The van der Waals surface area contributed by atoms with Crippen LogP contribution in [0.1, 0.15) is 25.5 Å². The lowest BCUT2D eigenvalue weighted by atomic mass is 10.1. The molecule has 138 valence electrons. The minimum absolute atomic E-state index is 0.887. The maximum atomic E-state index is 5.02. The van der Waals surface area contributed by atoms with E-state index in [1.165, 1.54) is 23.7 Å². The van der Waals surface area contributed by atoms with E-state index in [-0.39, 0.29) is 0 Å². The normalized spacial score (nSPS) is 11.5. The molecule has 2 aromatic heterocycles. The molecule has 0 spiro atoms. The van der Waals surface area contributed by atoms with Gasteiger partial charge in [0.1, 0.15) is 11.3 Å². The number of pyridine rings is 1. The van der Waals surface area contributed by atoms with Crippen LogP contribution < -0.4 is 5.32 Å². The SMILES string of the molecule is CCCCNCCn1c(-c2ccccc2)nc2c(C)nc3ccccc3c21. The van der Waals surface area contributed by atoms with Crippen molar-refractivity contribution in [3.8, 4) is 11.4 Å². The van der Waals surface area contributed by atoms with Crippen LogP contribution in [0.5, 0.6) is 0 Å². The second kappa shape index (κ2) is 7.89. The zero-order valence-corrected chi connectivity index (χ0v) is 16.1. The molecule has 4 nitrogen and oxygen atoms in total. The summed E-state index contributed by atoms with van der Waals surface area (Å²) in [7, 11) is 0. The molecular formula is C23H26N4. The van der Waals surface area contributed by atoms with Crippen molar-refractivity contribution in [1.82, 2.24) is 19.9 Å². The molecule has 0 atom stereocenters. The molecule has 0 bridgehead atoms. The number of aromatic nitrogens is 3. The molecular weight excluding hydrogens is 332 g/mol. The lowest BCUT2D eigenvalue weighted by molar-refractivity contribution is 0.589. The van der Waals surface area contributed by atoms with E-state index in [4.69, 9.17) is 9.97 Å². The number of nitrogens with zero attached hydrogens (tertiary/aromatic N) is 3. The zero-order chi connectivity index (χ0) is 18.6. The number of unbranched alkanes of at least 4 members (excludes halogenated alkanes) is 1. The van der Waals surface area contributed by atoms with Crippen molar-refractivity contribution in [2.45, 2.75) is 33.2 Å². The Balaban J connectivity index is 1.87. The molecule has 0 aliphatic carbocycles. The Labute approximate surface area is 160 Å². The summed E-state index contributed by atoms with van der Waals surface area (Å²) in [6.07, 6.45) is 2.42. The van der Waals surface area contributed by atoms with Crippen molar-refractivity contribution in [1.29, 1.82) is 0 Å². The van der Waals surface area contributed by atoms with Crippen LogP contribution in [0, 0.1) is 6.92 Å². The van der Waals surface area contributed by atoms with Crippen LogP contribution in [0.2, 0.25) is 0 Å². The van der Waals surface area contributed by atoms with E-state index in [0.717, 1.165) is 47.7 Å². The van der Waals surface area contributed by atoms with Gasteiger partial charge >= 0.3 is 0 Å². The van der Waals surface area contributed by atoms with Gasteiger partial charge in [-0.25, -0.2) is 4.98 Å².